The molecule has 18 heavy (non-hydrogen) atoms. The lowest BCUT2D eigenvalue weighted by atomic mass is 9.98. The third-order valence-electron chi connectivity index (χ3n) is 3.36. The first-order valence-electron chi connectivity index (χ1n) is 6.34. The summed E-state index contributed by atoms with van der Waals surface area (Å²) >= 11 is 0. The van der Waals surface area contributed by atoms with Crippen LogP contribution in [0.3, 0.4) is 0 Å². The zero-order chi connectivity index (χ0) is 13.0. The number of nitrogens with one attached hydrogen (secondary N) is 2. The van der Waals surface area contributed by atoms with Gasteiger partial charge in [-0.2, -0.15) is 0 Å². The molecule has 0 amide bonds. The molecular formula is C14H20N2O2. The molecule has 0 saturated heterocycles. The van der Waals surface area contributed by atoms with Crippen LogP contribution in [0.4, 0.5) is 0 Å². The third-order valence-corrected chi connectivity index (χ3v) is 3.36. The van der Waals surface area contributed by atoms with Crippen LogP contribution in [0.1, 0.15) is 30.5 Å². The summed E-state index contributed by atoms with van der Waals surface area (Å²) < 4.78 is 4.76. The van der Waals surface area contributed by atoms with Gasteiger partial charge in [-0.3, -0.25) is 10.1 Å². The van der Waals surface area contributed by atoms with Gasteiger partial charge in [-0.05, 0) is 31.0 Å². The van der Waals surface area contributed by atoms with Gasteiger partial charge in [0, 0.05) is 12.6 Å². The summed E-state index contributed by atoms with van der Waals surface area (Å²) in [6.07, 6.45) is 0.971. The van der Waals surface area contributed by atoms with Gasteiger partial charge >= 0.3 is 5.97 Å². The molecule has 0 aliphatic carbocycles. The molecule has 2 N–H and O–H groups in total. The van der Waals surface area contributed by atoms with E-state index in [9.17, 15) is 4.79 Å². The Bertz CT molecular complexity index is 420. The Kier molecular flexibility index (Phi) is 4.33. The number of methoxy groups -OCH3 is 1. The highest BCUT2D eigenvalue weighted by Gasteiger charge is 2.22. The Morgan fingerprint density at radius 2 is 2.28 bits per heavy atom. The fourth-order valence-electron chi connectivity index (χ4n) is 2.38. The Balaban J connectivity index is 2.15. The molecule has 98 valence electrons. The molecule has 1 aromatic rings. The van der Waals surface area contributed by atoms with Gasteiger partial charge in [-0.25, -0.2) is 0 Å². The number of carbonyl (C=O) groups is 1. The smallest absolute Gasteiger partial charge is 0.322 e. The highest BCUT2D eigenvalue weighted by molar-refractivity contribution is 5.75. The van der Waals surface area contributed by atoms with Gasteiger partial charge in [0.05, 0.1) is 7.11 Å². The Morgan fingerprint density at radius 1 is 1.50 bits per heavy atom. The fraction of sp³-hybridized carbons (Fsp3) is 0.500. The average Bonchev–Trinajstić information content (AvgIpc) is 2.60. The summed E-state index contributed by atoms with van der Waals surface area (Å²) in [5.74, 6) is -0.218. The van der Waals surface area contributed by atoms with Crippen LogP contribution in [0.15, 0.2) is 24.3 Å². The minimum Gasteiger partial charge on any atom is -0.468 e. The predicted octanol–water partition coefficient (Wildman–Crippen LogP) is 1.37. The molecule has 1 heterocycles. The topological polar surface area (TPSA) is 50.4 Å². The molecule has 0 saturated carbocycles. The minimum absolute atomic E-state index is 0.199. The molecule has 1 aliphatic rings. The Labute approximate surface area is 108 Å². The first kappa shape index (κ1) is 13.1. The molecule has 1 unspecified atom stereocenters. The fourth-order valence-corrected chi connectivity index (χ4v) is 2.38. The van der Waals surface area contributed by atoms with Gasteiger partial charge in [-0.15, -0.1) is 0 Å². The lowest BCUT2D eigenvalue weighted by molar-refractivity contribution is -0.142. The van der Waals surface area contributed by atoms with E-state index in [-0.39, 0.29) is 18.1 Å². The molecule has 4 heteroatoms. The van der Waals surface area contributed by atoms with E-state index in [0.717, 1.165) is 19.5 Å². The van der Waals surface area contributed by atoms with Gasteiger partial charge in [0.25, 0.3) is 0 Å². The zero-order valence-electron chi connectivity index (χ0n) is 10.9. The van der Waals surface area contributed by atoms with Crippen molar-refractivity contribution in [2.45, 2.75) is 32.0 Å². The van der Waals surface area contributed by atoms with Crippen molar-refractivity contribution in [2.24, 2.45) is 0 Å². The number of hydrogen-bond donors (Lipinski definition) is 2. The molecule has 2 atom stereocenters. The third kappa shape index (κ3) is 2.89. The van der Waals surface area contributed by atoms with Gasteiger partial charge < -0.3 is 10.1 Å². The number of esters is 1. The molecule has 0 radical (unpaired) electrons. The van der Waals surface area contributed by atoms with E-state index in [1.165, 1.54) is 18.2 Å². The molecule has 0 aromatic heterocycles. The second kappa shape index (κ2) is 5.98. The second-order valence-corrected chi connectivity index (χ2v) is 4.63. The van der Waals surface area contributed by atoms with Crippen LogP contribution in [0.5, 0.6) is 0 Å². The molecule has 1 aromatic carbocycles. The second-order valence-electron chi connectivity index (χ2n) is 4.63. The van der Waals surface area contributed by atoms with Crippen molar-refractivity contribution in [3.05, 3.63) is 35.4 Å². The largest absolute Gasteiger partial charge is 0.468 e. The van der Waals surface area contributed by atoms with Crippen LogP contribution in [0, 0.1) is 0 Å². The number of rotatable bonds is 3. The standard InChI is InChI=1S/C14H20N2O2/c1-10(14(17)18-2)16-13-7-8-15-9-11-5-3-4-6-12(11)13/h3-6,10,13,15-16H,7-9H2,1-2H3/t10-,13?/m0/s1. The number of fused-ring (bicyclic) bond motifs is 1. The molecule has 1 aliphatic heterocycles. The lowest BCUT2D eigenvalue weighted by Gasteiger charge is -2.22. The van der Waals surface area contributed by atoms with Gasteiger partial charge in [0.1, 0.15) is 6.04 Å². The van der Waals surface area contributed by atoms with E-state index >= 15 is 0 Å². The number of hydrogen-bond acceptors (Lipinski definition) is 4. The van der Waals surface area contributed by atoms with E-state index in [0.29, 0.717) is 0 Å². The first-order chi connectivity index (χ1) is 8.72. The average molecular weight is 248 g/mol. The Hall–Kier alpha value is -1.39. The number of ether oxygens (including phenoxy) is 1. The van der Waals surface area contributed by atoms with Crippen molar-refractivity contribution < 1.29 is 9.53 Å². The van der Waals surface area contributed by atoms with E-state index in [2.05, 4.69) is 22.8 Å². The van der Waals surface area contributed by atoms with Gasteiger partial charge in [-0.1, -0.05) is 24.3 Å². The van der Waals surface area contributed by atoms with Crippen LogP contribution in [-0.2, 0) is 16.1 Å². The summed E-state index contributed by atoms with van der Waals surface area (Å²) in [4.78, 5) is 11.5. The summed E-state index contributed by atoms with van der Waals surface area (Å²) in [5, 5.41) is 6.74. The first-order valence-corrected chi connectivity index (χ1v) is 6.34. The zero-order valence-corrected chi connectivity index (χ0v) is 10.9. The summed E-state index contributed by atoms with van der Waals surface area (Å²) in [6, 6.07) is 8.26. The monoisotopic (exact) mass is 248 g/mol. The van der Waals surface area contributed by atoms with Crippen LogP contribution >= 0.6 is 0 Å². The molecule has 4 nitrogen and oxygen atoms in total. The highest BCUT2D eigenvalue weighted by atomic mass is 16.5. The summed E-state index contributed by atoms with van der Waals surface area (Å²) in [7, 11) is 1.42. The van der Waals surface area contributed by atoms with Crippen molar-refractivity contribution in [1.82, 2.24) is 10.6 Å². The van der Waals surface area contributed by atoms with E-state index < -0.39 is 0 Å². The lowest BCUT2D eigenvalue weighted by Crippen LogP contribution is -2.38. The van der Waals surface area contributed by atoms with Gasteiger partial charge in [0.2, 0.25) is 0 Å². The molecule has 0 fully saturated rings. The highest BCUT2D eigenvalue weighted by Crippen LogP contribution is 2.23. The molecule has 2 rings (SSSR count). The molecule has 0 spiro atoms. The van der Waals surface area contributed by atoms with Crippen molar-refractivity contribution in [3.8, 4) is 0 Å². The van der Waals surface area contributed by atoms with Crippen molar-refractivity contribution in [3.63, 3.8) is 0 Å². The summed E-state index contributed by atoms with van der Waals surface area (Å²) in [5.41, 5.74) is 2.57. The maximum atomic E-state index is 11.5. The van der Waals surface area contributed by atoms with Crippen molar-refractivity contribution in [1.29, 1.82) is 0 Å². The normalized spacial score (nSPS) is 20.7. The SMILES string of the molecule is COC(=O)[C@H](C)NC1CCNCc2ccccc21. The number of benzene rings is 1. The van der Waals surface area contributed by atoms with Crippen molar-refractivity contribution >= 4 is 5.97 Å². The van der Waals surface area contributed by atoms with E-state index in [1.807, 2.05) is 19.1 Å². The van der Waals surface area contributed by atoms with Crippen LogP contribution in [-0.4, -0.2) is 25.7 Å². The van der Waals surface area contributed by atoms with E-state index in [4.69, 9.17) is 4.74 Å². The minimum atomic E-state index is -0.286. The van der Waals surface area contributed by atoms with E-state index in [1.54, 1.807) is 0 Å². The quantitative estimate of drug-likeness (QED) is 0.793. The molecular weight excluding hydrogens is 228 g/mol. The maximum absolute atomic E-state index is 11.5. The van der Waals surface area contributed by atoms with Crippen LogP contribution < -0.4 is 10.6 Å². The van der Waals surface area contributed by atoms with Gasteiger partial charge in [0.15, 0.2) is 0 Å². The maximum Gasteiger partial charge on any atom is 0.322 e. The summed E-state index contributed by atoms with van der Waals surface area (Å²) in [6.45, 7) is 3.67. The number of carbonyl (C=O) groups excluding carboxylic acids is 1. The van der Waals surface area contributed by atoms with Crippen LogP contribution in [0.25, 0.3) is 0 Å². The van der Waals surface area contributed by atoms with Crippen molar-refractivity contribution in [2.75, 3.05) is 13.7 Å². The van der Waals surface area contributed by atoms with Crippen LogP contribution in [0.2, 0.25) is 0 Å². The predicted molar refractivity (Wildman–Crippen MR) is 70.1 cm³/mol. The Morgan fingerprint density at radius 3 is 3.06 bits per heavy atom. The molecule has 0 bridgehead atoms.